The number of hydrogen-bond acceptors (Lipinski definition) is 5. The Morgan fingerprint density at radius 3 is 2.22 bits per heavy atom. The first-order valence-corrected chi connectivity index (χ1v) is 7.05. The molecule has 0 unspecified atom stereocenters. The molecule has 5 heteroatoms. The molecule has 0 atom stereocenters. The van der Waals surface area contributed by atoms with Crippen LogP contribution in [-0.2, 0) is 15.9 Å². The largest absolute Gasteiger partial charge is 0.506 e. The highest BCUT2D eigenvalue weighted by Crippen LogP contribution is 2.31. The molecule has 0 saturated carbocycles. The van der Waals surface area contributed by atoms with Crippen molar-refractivity contribution in [3.63, 3.8) is 0 Å². The predicted octanol–water partition coefficient (Wildman–Crippen LogP) is 2.86. The number of carbonyl (C=O) groups excluding carboxylic acids is 2. The van der Waals surface area contributed by atoms with Gasteiger partial charge in [-0.1, -0.05) is 30.3 Å². The second kappa shape index (κ2) is 6.96. The molecule has 0 saturated heterocycles. The molecule has 2 rings (SSSR count). The van der Waals surface area contributed by atoms with Gasteiger partial charge in [0.05, 0.1) is 14.2 Å². The predicted molar refractivity (Wildman–Crippen MR) is 84.8 cm³/mol. The van der Waals surface area contributed by atoms with E-state index in [-0.39, 0.29) is 11.1 Å². The van der Waals surface area contributed by atoms with Crippen LogP contribution in [0.3, 0.4) is 0 Å². The van der Waals surface area contributed by atoms with E-state index in [0.29, 0.717) is 12.0 Å². The standard InChI is InChI=1S/C18H18O5/c1-11-13(9-12-7-5-4-6-8-12)10-14(17(20)22-2)16(19)15(11)18(21)23-3/h4-8,10,19H,9H2,1-3H3. The third-order valence-electron chi connectivity index (χ3n) is 3.70. The van der Waals surface area contributed by atoms with Crippen molar-refractivity contribution in [2.24, 2.45) is 0 Å². The lowest BCUT2D eigenvalue weighted by molar-refractivity contribution is 0.0592. The lowest BCUT2D eigenvalue weighted by Gasteiger charge is -2.15. The summed E-state index contributed by atoms with van der Waals surface area (Å²) >= 11 is 0. The molecular weight excluding hydrogens is 296 g/mol. The zero-order valence-corrected chi connectivity index (χ0v) is 13.3. The second-order valence-electron chi connectivity index (χ2n) is 5.08. The monoisotopic (exact) mass is 314 g/mol. The number of hydrogen-bond donors (Lipinski definition) is 1. The minimum atomic E-state index is -0.707. The molecule has 2 aromatic carbocycles. The minimum Gasteiger partial charge on any atom is -0.506 e. The van der Waals surface area contributed by atoms with E-state index in [4.69, 9.17) is 4.74 Å². The van der Waals surface area contributed by atoms with Gasteiger partial charge in [-0.15, -0.1) is 0 Å². The van der Waals surface area contributed by atoms with Crippen LogP contribution in [0.5, 0.6) is 5.75 Å². The second-order valence-corrected chi connectivity index (χ2v) is 5.08. The van der Waals surface area contributed by atoms with Crippen LogP contribution in [0.2, 0.25) is 0 Å². The fraction of sp³-hybridized carbons (Fsp3) is 0.222. The molecule has 0 heterocycles. The summed E-state index contributed by atoms with van der Waals surface area (Å²) in [6.07, 6.45) is 0.515. The van der Waals surface area contributed by atoms with E-state index in [2.05, 4.69) is 4.74 Å². The zero-order valence-electron chi connectivity index (χ0n) is 13.3. The van der Waals surface area contributed by atoms with Crippen LogP contribution in [-0.4, -0.2) is 31.3 Å². The van der Waals surface area contributed by atoms with Gasteiger partial charge >= 0.3 is 11.9 Å². The molecule has 23 heavy (non-hydrogen) atoms. The summed E-state index contributed by atoms with van der Waals surface area (Å²) in [5.74, 6) is -1.82. The molecule has 0 radical (unpaired) electrons. The fourth-order valence-corrected chi connectivity index (χ4v) is 2.44. The highest BCUT2D eigenvalue weighted by atomic mass is 16.5. The number of methoxy groups -OCH3 is 2. The van der Waals surface area contributed by atoms with Gasteiger partial charge in [0, 0.05) is 0 Å². The van der Waals surface area contributed by atoms with Crippen molar-refractivity contribution in [2.75, 3.05) is 14.2 Å². The van der Waals surface area contributed by atoms with Crippen molar-refractivity contribution in [2.45, 2.75) is 13.3 Å². The van der Waals surface area contributed by atoms with Gasteiger partial charge in [0.1, 0.15) is 16.9 Å². The first-order chi connectivity index (χ1) is 11.0. The average Bonchev–Trinajstić information content (AvgIpc) is 2.57. The molecule has 0 spiro atoms. The van der Waals surface area contributed by atoms with Crippen molar-refractivity contribution in [3.8, 4) is 5.75 Å². The number of esters is 2. The van der Waals surface area contributed by atoms with Gasteiger partial charge in [0.15, 0.2) is 0 Å². The summed E-state index contributed by atoms with van der Waals surface area (Å²) in [5.41, 5.74) is 2.28. The first kappa shape index (κ1) is 16.5. The smallest absolute Gasteiger partial charge is 0.341 e. The van der Waals surface area contributed by atoms with E-state index in [1.807, 2.05) is 30.3 Å². The Morgan fingerprint density at radius 2 is 1.65 bits per heavy atom. The van der Waals surface area contributed by atoms with Gasteiger partial charge in [-0.3, -0.25) is 0 Å². The summed E-state index contributed by atoms with van der Waals surface area (Å²) in [7, 11) is 2.44. The molecule has 2 aromatic rings. The number of rotatable bonds is 4. The molecule has 0 aliphatic rings. The topological polar surface area (TPSA) is 72.8 Å². The Hall–Kier alpha value is -2.82. The van der Waals surface area contributed by atoms with Crippen LogP contribution in [0.25, 0.3) is 0 Å². The SMILES string of the molecule is COC(=O)c1cc(Cc2ccccc2)c(C)c(C(=O)OC)c1O. The number of phenols is 1. The lowest BCUT2D eigenvalue weighted by Crippen LogP contribution is -2.12. The summed E-state index contributed by atoms with van der Waals surface area (Å²) in [6, 6.07) is 11.2. The summed E-state index contributed by atoms with van der Waals surface area (Å²) < 4.78 is 9.40. The number of benzene rings is 2. The van der Waals surface area contributed by atoms with E-state index < -0.39 is 17.7 Å². The first-order valence-electron chi connectivity index (χ1n) is 7.05. The van der Waals surface area contributed by atoms with Crippen molar-refractivity contribution in [1.82, 2.24) is 0 Å². The van der Waals surface area contributed by atoms with Crippen LogP contribution in [0, 0.1) is 6.92 Å². The Kier molecular flexibility index (Phi) is 5.01. The van der Waals surface area contributed by atoms with Crippen LogP contribution in [0.15, 0.2) is 36.4 Å². The van der Waals surface area contributed by atoms with Gasteiger partial charge in [-0.25, -0.2) is 9.59 Å². The van der Waals surface area contributed by atoms with Gasteiger partial charge in [0.25, 0.3) is 0 Å². The quantitative estimate of drug-likeness (QED) is 0.879. The lowest BCUT2D eigenvalue weighted by atomic mass is 9.93. The number of ether oxygens (including phenoxy) is 2. The number of phenolic OH excluding ortho intramolecular Hbond substituents is 1. The summed E-state index contributed by atoms with van der Waals surface area (Å²) in [4.78, 5) is 23.9. The highest BCUT2D eigenvalue weighted by molar-refractivity contribution is 6.01. The molecule has 0 aliphatic heterocycles. The van der Waals surface area contributed by atoms with E-state index in [1.165, 1.54) is 14.2 Å². The molecule has 1 N–H and O–H groups in total. The fourth-order valence-electron chi connectivity index (χ4n) is 2.44. The summed E-state index contributed by atoms with van der Waals surface area (Å²) in [5, 5.41) is 10.3. The van der Waals surface area contributed by atoms with E-state index in [1.54, 1.807) is 13.0 Å². The van der Waals surface area contributed by atoms with Crippen molar-refractivity contribution >= 4 is 11.9 Å². The minimum absolute atomic E-state index is 0.0127. The van der Waals surface area contributed by atoms with Gasteiger partial charge < -0.3 is 14.6 Å². The van der Waals surface area contributed by atoms with Crippen LogP contribution in [0.1, 0.15) is 37.4 Å². The zero-order chi connectivity index (χ0) is 17.0. The van der Waals surface area contributed by atoms with E-state index >= 15 is 0 Å². The third-order valence-corrected chi connectivity index (χ3v) is 3.70. The number of carbonyl (C=O) groups is 2. The van der Waals surface area contributed by atoms with Crippen LogP contribution >= 0.6 is 0 Å². The average molecular weight is 314 g/mol. The normalized spacial score (nSPS) is 10.2. The molecule has 0 fully saturated rings. The molecule has 0 amide bonds. The molecular formula is C18H18O5. The molecule has 0 aliphatic carbocycles. The maximum atomic E-state index is 12.0. The maximum Gasteiger partial charge on any atom is 0.341 e. The van der Waals surface area contributed by atoms with Crippen LogP contribution < -0.4 is 0 Å². The number of aromatic hydroxyl groups is 1. The van der Waals surface area contributed by atoms with Gasteiger partial charge in [-0.05, 0) is 36.1 Å². The Balaban J connectivity index is 2.61. The Bertz CT molecular complexity index is 735. The van der Waals surface area contributed by atoms with Crippen molar-refractivity contribution < 1.29 is 24.2 Å². The third kappa shape index (κ3) is 3.34. The molecule has 5 nitrogen and oxygen atoms in total. The van der Waals surface area contributed by atoms with E-state index in [9.17, 15) is 14.7 Å². The van der Waals surface area contributed by atoms with Crippen molar-refractivity contribution in [1.29, 1.82) is 0 Å². The maximum absolute atomic E-state index is 12.0. The van der Waals surface area contributed by atoms with Gasteiger partial charge in [-0.2, -0.15) is 0 Å². The van der Waals surface area contributed by atoms with Crippen LogP contribution in [0.4, 0.5) is 0 Å². The van der Waals surface area contributed by atoms with E-state index in [0.717, 1.165) is 11.1 Å². The Morgan fingerprint density at radius 1 is 1.04 bits per heavy atom. The highest BCUT2D eigenvalue weighted by Gasteiger charge is 2.25. The molecule has 120 valence electrons. The summed E-state index contributed by atoms with van der Waals surface area (Å²) in [6.45, 7) is 1.71. The molecule has 0 bridgehead atoms. The molecule has 0 aromatic heterocycles. The Labute approximate surface area is 134 Å². The van der Waals surface area contributed by atoms with Crippen molar-refractivity contribution in [3.05, 3.63) is 64.2 Å². The van der Waals surface area contributed by atoms with Gasteiger partial charge in [0.2, 0.25) is 0 Å².